The van der Waals surface area contributed by atoms with E-state index in [2.05, 4.69) is 24.7 Å². The number of anilines is 1. The van der Waals surface area contributed by atoms with E-state index in [1.165, 1.54) is 0 Å². The van der Waals surface area contributed by atoms with Gasteiger partial charge in [-0.2, -0.15) is 10.2 Å². The fraction of sp³-hybridized carbons (Fsp3) is 0.240. The number of carbonyl (C=O) groups excluding carboxylic acids is 1. The minimum atomic E-state index is -1.19. The molecule has 2 aromatic carbocycles. The molecule has 4 rings (SSSR count). The fourth-order valence-corrected chi connectivity index (χ4v) is 4.19. The Kier molecular flexibility index (Phi) is 6.57. The molecule has 2 N–H and O–H groups in total. The predicted octanol–water partition coefficient (Wildman–Crippen LogP) is 4.85. The number of ketones is 1. The normalized spacial score (nSPS) is 12.1. The molecule has 0 saturated carbocycles. The Morgan fingerprint density at radius 3 is 2.58 bits per heavy atom. The number of rotatable bonds is 9. The monoisotopic (exact) mass is 459 g/mol. The van der Waals surface area contributed by atoms with Gasteiger partial charge in [0.05, 0.1) is 11.7 Å². The molecule has 8 heteroatoms. The van der Waals surface area contributed by atoms with Crippen molar-refractivity contribution < 1.29 is 9.53 Å². The lowest BCUT2D eigenvalue weighted by Crippen LogP contribution is -2.22. The molecule has 2 aromatic heterocycles. The van der Waals surface area contributed by atoms with Gasteiger partial charge < -0.3 is 10.5 Å². The molecule has 0 bridgehead atoms. The van der Waals surface area contributed by atoms with E-state index in [1.54, 1.807) is 39.8 Å². The molecule has 0 aliphatic carbocycles. The number of benzene rings is 2. The number of fused-ring (bicyclic) bond motifs is 1. The second-order valence-electron chi connectivity index (χ2n) is 9.23. The number of nitrogens with zero attached hydrogens (tertiary/aromatic N) is 4. The van der Waals surface area contributed by atoms with E-state index in [4.69, 9.17) is 15.6 Å². The van der Waals surface area contributed by atoms with Crippen LogP contribution in [-0.4, -0.2) is 41.1 Å². The summed E-state index contributed by atoms with van der Waals surface area (Å²) in [6, 6.07) is 17.5. The molecule has 2 heterocycles. The van der Waals surface area contributed by atoms with Crippen LogP contribution in [0, 0.1) is 0 Å². The summed E-state index contributed by atoms with van der Waals surface area (Å²) >= 11 is 0. The summed E-state index contributed by atoms with van der Waals surface area (Å²) in [5.74, 6) is -0.0841. The number of hydrogen-bond donors (Lipinski definition) is 1. The first-order valence-corrected chi connectivity index (χ1v) is 14.7. The molecule has 0 saturated heterocycles. The fourth-order valence-electron chi connectivity index (χ4n) is 3.43. The maximum absolute atomic E-state index is 13.1. The van der Waals surface area contributed by atoms with Crippen molar-refractivity contribution >= 4 is 36.7 Å². The molecule has 4 aromatic rings. The summed E-state index contributed by atoms with van der Waals surface area (Å²) in [6.07, 6.45) is 5.44. The van der Waals surface area contributed by atoms with Crippen LogP contribution in [0.2, 0.25) is 25.7 Å². The second kappa shape index (κ2) is 9.56. The molecule has 0 aliphatic rings. The highest BCUT2D eigenvalue weighted by atomic mass is 28.3. The summed E-state index contributed by atoms with van der Waals surface area (Å²) < 4.78 is 9.47. The molecule has 0 amide bonds. The Bertz CT molecular complexity index is 1290. The lowest BCUT2D eigenvalue weighted by Gasteiger charge is -2.15. The van der Waals surface area contributed by atoms with Gasteiger partial charge >= 0.3 is 0 Å². The van der Waals surface area contributed by atoms with Gasteiger partial charge in [-0.15, -0.1) is 0 Å². The Morgan fingerprint density at radius 1 is 1.09 bits per heavy atom. The van der Waals surface area contributed by atoms with Gasteiger partial charge in [-0.05, 0) is 42.4 Å². The lowest BCUT2D eigenvalue weighted by molar-refractivity contribution is 0.0816. The number of aromatic nitrogens is 3. The van der Waals surface area contributed by atoms with E-state index in [-0.39, 0.29) is 5.78 Å². The number of nitrogen functional groups attached to an aromatic ring is 1. The average Bonchev–Trinajstić information content (AvgIpc) is 3.42. The highest BCUT2D eigenvalue weighted by Crippen LogP contribution is 2.22. The van der Waals surface area contributed by atoms with E-state index < -0.39 is 8.07 Å². The SMILES string of the molecule is C[Si](C)(C)CCOCn1nc(/C=N/n2cccc2)c2ccc(C(=O)c3cccc(N)c3)cc21. The topological polar surface area (TPSA) is 87.4 Å². The Labute approximate surface area is 194 Å². The lowest BCUT2D eigenvalue weighted by atomic mass is 10.0. The van der Waals surface area contributed by atoms with Crippen molar-refractivity contribution in [1.29, 1.82) is 0 Å². The van der Waals surface area contributed by atoms with Crippen molar-refractivity contribution in [2.75, 3.05) is 12.3 Å². The predicted molar refractivity (Wildman–Crippen MR) is 136 cm³/mol. The minimum absolute atomic E-state index is 0.0841. The van der Waals surface area contributed by atoms with Crippen molar-refractivity contribution in [3.05, 3.63) is 83.8 Å². The van der Waals surface area contributed by atoms with E-state index in [9.17, 15) is 4.79 Å². The third-order valence-corrected chi connectivity index (χ3v) is 7.01. The van der Waals surface area contributed by atoms with E-state index in [0.717, 1.165) is 22.6 Å². The summed E-state index contributed by atoms with van der Waals surface area (Å²) in [5, 5.41) is 10.1. The zero-order chi connectivity index (χ0) is 23.4. The van der Waals surface area contributed by atoms with Gasteiger partial charge in [0, 0.05) is 49.3 Å². The van der Waals surface area contributed by atoms with Crippen molar-refractivity contribution in [2.45, 2.75) is 32.4 Å². The van der Waals surface area contributed by atoms with Crippen LogP contribution >= 0.6 is 0 Å². The Hall–Kier alpha value is -3.49. The molecule has 33 heavy (non-hydrogen) atoms. The first-order chi connectivity index (χ1) is 15.8. The molecule has 0 spiro atoms. The van der Waals surface area contributed by atoms with Gasteiger partial charge in [0.15, 0.2) is 5.78 Å². The van der Waals surface area contributed by atoms with Gasteiger partial charge in [-0.3, -0.25) is 4.79 Å². The van der Waals surface area contributed by atoms with Crippen molar-refractivity contribution in [2.24, 2.45) is 5.10 Å². The highest BCUT2D eigenvalue weighted by Gasteiger charge is 2.16. The molecular weight excluding hydrogens is 430 g/mol. The van der Waals surface area contributed by atoms with Crippen LogP contribution in [0.25, 0.3) is 10.9 Å². The maximum atomic E-state index is 13.1. The molecule has 0 radical (unpaired) electrons. The summed E-state index contributed by atoms with van der Waals surface area (Å²) in [5.41, 5.74) is 9.10. The van der Waals surface area contributed by atoms with Crippen LogP contribution in [-0.2, 0) is 11.5 Å². The highest BCUT2D eigenvalue weighted by molar-refractivity contribution is 6.76. The third kappa shape index (κ3) is 5.66. The second-order valence-corrected chi connectivity index (χ2v) is 14.8. The Morgan fingerprint density at radius 2 is 1.85 bits per heavy atom. The number of hydrogen-bond acceptors (Lipinski definition) is 5. The van der Waals surface area contributed by atoms with Crippen molar-refractivity contribution in [3.63, 3.8) is 0 Å². The molecule has 0 fully saturated rings. The number of carbonyl (C=O) groups is 1. The van der Waals surface area contributed by atoms with Crippen LogP contribution in [0.3, 0.4) is 0 Å². The molecule has 0 unspecified atom stereocenters. The molecule has 0 atom stereocenters. The van der Waals surface area contributed by atoms with Crippen LogP contribution in [0.5, 0.6) is 0 Å². The van der Waals surface area contributed by atoms with Crippen LogP contribution in [0.15, 0.2) is 72.1 Å². The maximum Gasteiger partial charge on any atom is 0.193 e. The van der Waals surface area contributed by atoms with E-state index >= 15 is 0 Å². The molecular formula is C25H29N5O2Si. The average molecular weight is 460 g/mol. The van der Waals surface area contributed by atoms with Gasteiger partial charge in [-0.1, -0.05) is 37.8 Å². The largest absolute Gasteiger partial charge is 0.399 e. The first kappa shape index (κ1) is 22.7. The van der Waals surface area contributed by atoms with E-state index in [0.29, 0.717) is 30.2 Å². The Balaban J connectivity index is 1.66. The molecule has 0 aliphatic heterocycles. The van der Waals surface area contributed by atoms with Crippen molar-refractivity contribution in [3.8, 4) is 0 Å². The zero-order valence-electron chi connectivity index (χ0n) is 19.2. The zero-order valence-corrected chi connectivity index (χ0v) is 20.2. The smallest absolute Gasteiger partial charge is 0.193 e. The molecule has 170 valence electrons. The van der Waals surface area contributed by atoms with Crippen molar-refractivity contribution in [1.82, 2.24) is 14.5 Å². The van der Waals surface area contributed by atoms with E-state index in [1.807, 2.05) is 42.7 Å². The van der Waals surface area contributed by atoms with Gasteiger partial charge in [0.1, 0.15) is 12.4 Å². The summed E-state index contributed by atoms with van der Waals surface area (Å²) in [4.78, 5) is 13.1. The van der Waals surface area contributed by atoms with Crippen LogP contribution in [0.4, 0.5) is 5.69 Å². The van der Waals surface area contributed by atoms with Gasteiger partial charge in [0.2, 0.25) is 0 Å². The first-order valence-electron chi connectivity index (χ1n) is 11.0. The number of nitrogens with two attached hydrogens (primary N) is 1. The summed E-state index contributed by atoms with van der Waals surface area (Å²) in [6.45, 7) is 7.97. The van der Waals surface area contributed by atoms with Gasteiger partial charge in [0.25, 0.3) is 0 Å². The van der Waals surface area contributed by atoms with Crippen LogP contribution in [0.1, 0.15) is 21.6 Å². The summed E-state index contributed by atoms with van der Waals surface area (Å²) in [7, 11) is -1.19. The molecule has 7 nitrogen and oxygen atoms in total. The minimum Gasteiger partial charge on any atom is -0.399 e. The van der Waals surface area contributed by atoms with Crippen LogP contribution < -0.4 is 5.73 Å². The third-order valence-electron chi connectivity index (χ3n) is 5.30. The number of ether oxygens (including phenoxy) is 1. The van der Waals surface area contributed by atoms with Gasteiger partial charge in [-0.25, -0.2) is 9.36 Å². The quantitative estimate of drug-likeness (QED) is 0.127. The standard InChI is InChI=1S/C25H29N5O2Si/c1-33(2,3)14-13-32-18-30-24-16-20(25(31)19-7-6-8-21(26)15-19)9-10-22(24)23(28-30)17-27-29-11-4-5-12-29/h4-12,15-17H,13-14,18,26H2,1-3H3/b27-17+.